The van der Waals surface area contributed by atoms with Gasteiger partial charge in [0.15, 0.2) is 5.82 Å². The lowest BCUT2D eigenvalue weighted by atomic mass is 9.85. The van der Waals surface area contributed by atoms with Crippen molar-refractivity contribution < 1.29 is 9.26 Å². The highest BCUT2D eigenvalue weighted by molar-refractivity contribution is 4.98. The molecule has 1 fully saturated rings. The highest BCUT2D eigenvalue weighted by Crippen LogP contribution is 2.26. The molecule has 1 aliphatic rings. The Morgan fingerprint density at radius 3 is 2.58 bits per heavy atom. The maximum absolute atomic E-state index is 5.40. The van der Waals surface area contributed by atoms with E-state index in [1.165, 1.54) is 0 Å². The Bertz CT molecular complexity index is 392. The summed E-state index contributed by atoms with van der Waals surface area (Å²) in [6.07, 6.45) is 2.76. The Hall–Kier alpha value is -0.940. The first-order valence-electron chi connectivity index (χ1n) is 7.08. The summed E-state index contributed by atoms with van der Waals surface area (Å²) in [7, 11) is 1.98. The predicted octanol–water partition coefficient (Wildman–Crippen LogP) is 2.14. The second kappa shape index (κ2) is 6.01. The predicted molar refractivity (Wildman–Crippen MR) is 73.1 cm³/mol. The van der Waals surface area contributed by atoms with Crippen LogP contribution >= 0.6 is 0 Å². The minimum Gasteiger partial charge on any atom is -0.381 e. The van der Waals surface area contributed by atoms with Crippen molar-refractivity contribution in [2.24, 2.45) is 5.41 Å². The van der Waals surface area contributed by atoms with E-state index in [4.69, 9.17) is 9.26 Å². The van der Waals surface area contributed by atoms with E-state index in [1.54, 1.807) is 0 Å². The van der Waals surface area contributed by atoms with Gasteiger partial charge in [-0.25, -0.2) is 0 Å². The van der Waals surface area contributed by atoms with E-state index in [-0.39, 0.29) is 5.41 Å². The van der Waals surface area contributed by atoms with Crippen molar-refractivity contribution in [3.05, 3.63) is 11.7 Å². The molecule has 0 aromatic carbocycles. The van der Waals surface area contributed by atoms with Crippen LogP contribution in [0.1, 0.15) is 51.2 Å². The van der Waals surface area contributed by atoms with Crippen molar-refractivity contribution in [3.63, 3.8) is 0 Å². The van der Waals surface area contributed by atoms with Gasteiger partial charge in [-0.2, -0.15) is 4.98 Å². The van der Waals surface area contributed by atoms with Crippen LogP contribution in [-0.2, 0) is 11.2 Å². The van der Waals surface area contributed by atoms with Crippen molar-refractivity contribution in [2.45, 2.75) is 52.0 Å². The number of rotatable bonds is 4. The lowest BCUT2D eigenvalue weighted by molar-refractivity contribution is 0.0830. The van der Waals surface area contributed by atoms with Crippen LogP contribution in [-0.4, -0.2) is 36.4 Å². The molecule has 2 rings (SSSR count). The molecule has 0 radical (unpaired) electrons. The van der Waals surface area contributed by atoms with E-state index in [2.05, 4.69) is 36.2 Å². The Morgan fingerprint density at radius 2 is 2.00 bits per heavy atom. The van der Waals surface area contributed by atoms with Crippen molar-refractivity contribution in [2.75, 3.05) is 20.3 Å². The van der Waals surface area contributed by atoms with Crippen LogP contribution in [0.2, 0.25) is 0 Å². The normalized spacial score (nSPS) is 19.6. The molecule has 108 valence electrons. The van der Waals surface area contributed by atoms with E-state index in [0.29, 0.717) is 12.0 Å². The first kappa shape index (κ1) is 14.5. The minimum absolute atomic E-state index is 0.169. The number of nitrogens with one attached hydrogen (secondary N) is 1. The van der Waals surface area contributed by atoms with Crippen molar-refractivity contribution in [1.29, 1.82) is 0 Å². The zero-order valence-electron chi connectivity index (χ0n) is 12.4. The standard InChI is InChI=1S/C14H25N3O2/c1-14(2,3)11(15-4)9-12-16-13(17-19-12)10-5-7-18-8-6-10/h10-11,15H,5-9H2,1-4H3. The number of ether oxygens (including phenoxy) is 1. The average molecular weight is 267 g/mol. The largest absolute Gasteiger partial charge is 0.381 e. The second-order valence-corrected chi connectivity index (χ2v) is 6.34. The minimum atomic E-state index is 0.169. The molecule has 2 heterocycles. The molecule has 0 aliphatic carbocycles. The van der Waals surface area contributed by atoms with Crippen LogP contribution in [0, 0.1) is 5.41 Å². The number of likely N-dealkylation sites (N-methyl/N-ethyl adjacent to an activating group) is 1. The van der Waals surface area contributed by atoms with E-state index < -0.39 is 0 Å². The Kier molecular flexibility index (Phi) is 4.58. The van der Waals surface area contributed by atoms with Crippen LogP contribution in [0.15, 0.2) is 4.52 Å². The van der Waals surface area contributed by atoms with Crippen LogP contribution < -0.4 is 5.32 Å². The smallest absolute Gasteiger partial charge is 0.228 e. The number of hydrogen-bond acceptors (Lipinski definition) is 5. The number of aromatic nitrogens is 2. The molecule has 0 amide bonds. The lowest BCUT2D eigenvalue weighted by Crippen LogP contribution is -2.39. The molecule has 1 aliphatic heterocycles. The third-order valence-electron chi connectivity index (χ3n) is 3.84. The van der Waals surface area contributed by atoms with Gasteiger partial charge in [-0.05, 0) is 25.3 Å². The molecule has 19 heavy (non-hydrogen) atoms. The van der Waals surface area contributed by atoms with Gasteiger partial charge in [0.2, 0.25) is 5.89 Å². The Balaban J connectivity index is 2.00. The fourth-order valence-electron chi connectivity index (χ4n) is 2.49. The number of nitrogens with zero attached hydrogens (tertiary/aromatic N) is 2. The summed E-state index contributed by atoms with van der Waals surface area (Å²) in [6, 6.07) is 0.329. The van der Waals surface area contributed by atoms with Gasteiger partial charge in [-0.15, -0.1) is 0 Å². The lowest BCUT2D eigenvalue weighted by Gasteiger charge is -2.29. The molecule has 0 spiro atoms. The molecule has 1 saturated heterocycles. The van der Waals surface area contributed by atoms with E-state index in [9.17, 15) is 0 Å². The van der Waals surface area contributed by atoms with Gasteiger partial charge in [0.05, 0.1) is 0 Å². The SMILES string of the molecule is CNC(Cc1nc(C2CCOCC2)no1)C(C)(C)C. The Morgan fingerprint density at radius 1 is 1.32 bits per heavy atom. The molecule has 0 saturated carbocycles. The van der Waals surface area contributed by atoms with E-state index >= 15 is 0 Å². The summed E-state index contributed by atoms with van der Waals surface area (Å²) in [5, 5.41) is 7.47. The first-order valence-corrected chi connectivity index (χ1v) is 7.08. The van der Waals surface area contributed by atoms with E-state index in [0.717, 1.165) is 44.2 Å². The van der Waals surface area contributed by atoms with Gasteiger partial charge in [0, 0.05) is 31.6 Å². The van der Waals surface area contributed by atoms with Gasteiger partial charge in [-0.1, -0.05) is 25.9 Å². The molecule has 1 atom stereocenters. The highest BCUT2D eigenvalue weighted by atomic mass is 16.5. The molecule has 5 heteroatoms. The zero-order valence-corrected chi connectivity index (χ0v) is 12.4. The van der Waals surface area contributed by atoms with Gasteiger partial charge < -0.3 is 14.6 Å². The second-order valence-electron chi connectivity index (χ2n) is 6.34. The monoisotopic (exact) mass is 267 g/mol. The molecule has 5 nitrogen and oxygen atoms in total. The fraction of sp³-hybridized carbons (Fsp3) is 0.857. The van der Waals surface area contributed by atoms with Crippen molar-refractivity contribution >= 4 is 0 Å². The fourth-order valence-corrected chi connectivity index (χ4v) is 2.49. The average Bonchev–Trinajstić information content (AvgIpc) is 2.84. The zero-order chi connectivity index (χ0) is 13.9. The molecule has 1 aromatic rings. The summed E-state index contributed by atoms with van der Waals surface area (Å²) < 4.78 is 10.8. The molecular formula is C14H25N3O2. The first-order chi connectivity index (χ1) is 9.00. The summed E-state index contributed by atoms with van der Waals surface area (Å²) in [4.78, 5) is 4.56. The summed E-state index contributed by atoms with van der Waals surface area (Å²) in [6.45, 7) is 8.24. The molecule has 1 N–H and O–H groups in total. The highest BCUT2D eigenvalue weighted by Gasteiger charge is 2.27. The number of hydrogen-bond donors (Lipinski definition) is 1. The van der Waals surface area contributed by atoms with Gasteiger partial charge in [-0.3, -0.25) is 0 Å². The summed E-state index contributed by atoms with van der Waals surface area (Å²) >= 11 is 0. The Labute approximate surface area is 115 Å². The topological polar surface area (TPSA) is 60.2 Å². The summed E-state index contributed by atoms with van der Waals surface area (Å²) in [5.41, 5.74) is 0.169. The van der Waals surface area contributed by atoms with Crippen LogP contribution in [0.4, 0.5) is 0 Å². The van der Waals surface area contributed by atoms with Crippen LogP contribution in [0.3, 0.4) is 0 Å². The molecule has 0 bridgehead atoms. The molecule has 1 aromatic heterocycles. The maximum Gasteiger partial charge on any atom is 0.228 e. The van der Waals surface area contributed by atoms with Gasteiger partial charge >= 0.3 is 0 Å². The summed E-state index contributed by atoms with van der Waals surface area (Å²) in [5.74, 6) is 1.98. The third kappa shape index (κ3) is 3.76. The van der Waals surface area contributed by atoms with Gasteiger partial charge in [0.25, 0.3) is 0 Å². The van der Waals surface area contributed by atoms with Crippen molar-refractivity contribution in [1.82, 2.24) is 15.5 Å². The quantitative estimate of drug-likeness (QED) is 0.905. The van der Waals surface area contributed by atoms with Crippen molar-refractivity contribution in [3.8, 4) is 0 Å². The third-order valence-corrected chi connectivity index (χ3v) is 3.84. The van der Waals surface area contributed by atoms with Crippen LogP contribution in [0.5, 0.6) is 0 Å². The molecular weight excluding hydrogens is 242 g/mol. The molecule has 1 unspecified atom stereocenters. The van der Waals surface area contributed by atoms with Crippen LogP contribution in [0.25, 0.3) is 0 Å². The van der Waals surface area contributed by atoms with Gasteiger partial charge in [0.1, 0.15) is 0 Å². The van der Waals surface area contributed by atoms with E-state index in [1.807, 2.05) is 7.05 Å². The maximum atomic E-state index is 5.40.